The van der Waals surface area contributed by atoms with Gasteiger partial charge < -0.3 is 19.3 Å². The molecule has 8 heteroatoms. The Morgan fingerprint density at radius 2 is 0.756 bits per heavy atom. The van der Waals surface area contributed by atoms with E-state index in [1.54, 1.807) is 0 Å². The fourth-order valence-corrected chi connectivity index (χ4v) is 5.40. The minimum atomic E-state index is -1.45. The number of hydrogen-bond donors (Lipinski definition) is 1. The number of rotatable bonds is 33. The van der Waals surface area contributed by atoms with Gasteiger partial charge in [-0.15, -0.1) is 0 Å². The van der Waals surface area contributed by atoms with Crippen LogP contribution >= 0.6 is 0 Å². The number of esters is 3. The highest BCUT2D eigenvalue weighted by molar-refractivity contribution is 5.99. The fraction of sp³-hybridized carbons (Fsp3) is 0.892. The number of carbonyl (C=O) groups is 4. The molecule has 264 valence electrons. The maximum atomic E-state index is 13.1. The maximum Gasteiger partial charge on any atom is 0.323 e. The summed E-state index contributed by atoms with van der Waals surface area (Å²) in [5.74, 6) is -1.80. The molecule has 0 saturated carbocycles. The monoisotopic (exact) mass is 640 g/mol. The number of aliphatic carboxylic acids is 1. The summed E-state index contributed by atoms with van der Waals surface area (Å²) in [5, 5.41) is 10.2. The molecule has 0 heterocycles. The van der Waals surface area contributed by atoms with Crippen molar-refractivity contribution in [2.75, 3.05) is 19.8 Å². The van der Waals surface area contributed by atoms with Gasteiger partial charge in [0.05, 0.1) is 19.8 Å². The van der Waals surface area contributed by atoms with Crippen molar-refractivity contribution in [2.45, 2.75) is 188 Å². The first-order valence-corrected chi connectivity index (χ1v) is 18.6. The first kappa shape index (κ1) is 42.9. The Balaban J connectivity index is 4.34. The molecule has 0 bridgehead atoms. The van der Waals surface area contributed by atoms with Crippen molar-refractivity contribution in [3.8, 4) is 0 Å². The Hall–Kier alpha value is -2.12. The lowest BCUT2D eigenvalue weighted by Crippen LogP contribution is -2.41. The molecule has 0 rings (SSSR count). The second-order valence-electron chi connectivity index (χ2n) is 12.7. The summed E-state index contributed by atoms with van der Waals surface area (Å²) >= 11 is 0. The van der Waals surface area contributed by atoms with E-state index in [0.717, 1.165) is 128 Å². The minimum absolute atomic E-state index is 0.0939. The summed E-state index contributed by atoms with van der Waals surface area (Å²) in [6.07, 6.45) is 22.7. The van der Waals surface area contributed by atoms with Gasteiger partial charge in [0.1, 0.15) is 0 Å². The Bertz CT molecular complexity index is 709. The van der Waals surface area contributed by atoms with Crippen LogP contribution in [0.5, 0.6) is 0 Å². The van der Waals surface area contributed by atoms with Gasteiger partial charge >= 0.3 is 23.9 Å². The molecule has 0 aromatic rings. The Morgan fingerprint density at radius 1 is 0.444 bits per heavy atom. The summed E-state index contributed by atoms with van der Waals surface area (Å²) < 4.78 is 15.9. The third kappa shape index (κ3) is 23.8. The van der Waals surface area contributed by atoms with Crippen molar-refractivity contribution in [2.24, 2.45) is 5.41 Å². The predicted molar refractivity (Wildman–Crippen MR) is 180 cm³/mol. The molecule has 0 radical (unpaired) electrons. The van der Waals surface area contributed by atoms with Gasteiger partial charge in [0.25, 0.3) is 0 Å². The van der Waals surface area contributed by atoms with E-state index in [4.69, 9.17) is 14.2 Å². The van der Waals surface area contributed by atoms with E-state index in [0.29, 0.717) is 51.7 Å². The summed E-state index contributed by atoms with van der Waals surface area (Å²) in [7, 11) is 0. The van der Waals surface area contributed by atoms with Crippen molar-refractivity contribution in [1.29, 1.82) is 0 Å². The zero-order chi connectivity index (χ0) is 33.4. The lowest BCUT2D eigenvalue weighted by Gasteiger charge is -2.27. The van der Waals surface area contributed by atoms with Crippen LogP contribution in [0.15, 0.2) is 0 Å². The molecule has 0 atom stereocenters. The van der Waals surface area contributed by atoms with Crippen molar-refractivity contribution in [1.82, 2.24) is 0 Å². The molecular weight excluding hydrogens is 572 g/mol. The molecule has 0 fully saturated rings. The quantitative estimate of drug-likeness (QED) is 0.0326. The van der Waals surface area contributed by atoms with Crippen LogP contribution in [-0.2, 0) is 33.4 Å². The SMILES string of the molecule is CCCCOC(=O)CCCCCCCCCCC(CCCCCCCCCCC(=O)OCCCC)(C(=O)O)C(=O)OCCCC. The average molecular weight is 641 g/mol. The number of unbranched alkanes of at least 4 members (excludes halogenated alkanes) is 17. The van der Waals surface area contributed by atoms with Crippen LogP contribution in [0.1, 0.15) is 188 Å². The van der Waals surface area contributed by atoms with E-state index < -0.39 is 17.4 Å². The molecule has 0 amide bonds. The van der Waals surface area contributed by atoms with Gasteiger partial charge in [-0.1, -0.05) is 130 Å². The zero-order valence-corrected chi connectivity index (χ0v) is 29.3. The van der Waals surface area contributed by atoms with Gasteiger partial charge in [0.15, 0.2) is 5.41 Å². The maximum absolute atomic E-state index is 13.1. The summed E-state index contributed by atoms with van der Waals surface area (Å²) in [4.78, 5) is 48.9. The molecule has 45 heavy (non-hydrogen) atoms. The molecule has 0 aromatic heterocycles. The van der Waals surface area contributed by atoms with Crippen LogP contribution in [0.3, 0.4) is 0 Å². The zero-order valence-electron chi connectivity index (χ0n) is 29.3. The van der Waals surface area contributed by atoms with Crippen LogP contribution in [0, 0.1) is 5.41 Å². The van der Waals surface area contributed by atoms with E-state index in [9.17, 15) is 24.3 Å². The van der Waals surface area contributed by atoms with E-state index in [2.05, 4.69) is 13.8 Å². The van der Waals surface area contributed by atoms with Crippen molar-refractivity contribution >= 4 is 23.9 Å². The minimum Gasteiger partial charge on any atom is -0.480 e. The van der Waals surface area contributed by atoms with Crippen molar-refractivity contribution in [3.63, 3.8) is 0 Å². The van der Waals surface area contributed by atoms with Crippen LogP contribution in [0.25, 0.3) is 0 Å². The second kappa shape index (κ2) is 30.5. The third-order valence-electron chi connectivity index (χ3n) is 8.52. The third-order valence-corrected chi connectivity index (χ3v) is 8.52. The Kier molecular flexibility index (Phi) is 29.1. The van der Waals surface area contributed by atoms with Gasteiger partial charge in [-0.25, -0.2) is 0 Å². The fourth-order valence-electron chi connectivity index (χ4n) is 5.40. The normalized spacial score (nSPS) is 11.4. The molecule has 0 spiro atoms. The summed E-state index contributed by atoms with van der Waals surface area (Å²) in [5.41, 5.74) is -1.45. The Morgan fingerprint density at radius 3 is 1.09 bits per heavy atom. The highest BCUT2D eigenvalue weighted by Gasteiger charge is 2.46. The van der Waals surface area contributed by atoms with Crippen molar-refractivity contribution in [3.05, 3.63) is 0 Å². The number of ether oxygens (including phenoxy) is 3. The molecule has 0 saturated heterocycles. The first-order chi connectivity index (χ1) is 21.8. The molecule has 0 aliphatic rings. The van der Waals surface area contributed by atoms with Crippen LogP contribution in [0.2, 0.25) is 0 Å². The molecule has 0 aliphatic heterocycles. The summed E-state index contributed by atoms with van der Waals surface area (Å²) in [6.45, 7) is 7.49. The highest BCUT2D eigenvalue weighted by Crippen LogP contribution is 2.34. The molecular formula is C37H68O8. The van der Waals surface area contributed by atoms with Gasteiger partial charge in [0.2, 0.25) is 0 Å². The predicted octanol–water partition coefficient (Wildman–Crippen LogP) is 9.89. The van der Waals surface area contributed by atoms with E-state index in [1.807, 2.05) is 6.92 Å². The number of carboxylic acids is 1. The van der Waals surface area contributed by atoms with E-state index in [-0.39, 0.29) is 18.5 Å². The second-order valence-corrected chi connectivity index (χ2v) is 12.7. The summed E-state index contributed by atoms with van der Waals surface area (Å²) in [6, 6.07) is 0. The van der Waals surface area contributed by atoms with Gasteiger partial charge in [-0.05, 0) is 44.9 Å². The van der Waals surface area contributed by atoms with Crippen LogP contribution in [-0.4, -0.2) is 48.8 Å². The molecule has 1 N–H and O–H groups in total. The lowest BCUT2D eigenvalue weighted by molar-refractivity contribution is -0.170. The molecule has 8 nitrogen and oxygen atoms in total. The Labute approximate surface area is 275 Å². The van der Waals surface area contributed by atoms with Gasteiger partial charge in [-0.3, -0.25) is 19.2 Å². The largest absolute Gasteiger partial charge is 0.480 e. The smallest absolute Gasteiger partial charge is 0.323 e. The standard InChI is InChI=1S/C37H68O8/c1-4-7-30-43-33(38)26-22-18-14-10-12-16-20-24-28-37(35(40)41,36(42)45-32-9-6-3)29-25-21-17-13-11-15-19-23-27-34(39)44-31-8-5-2/h4-32H2,1-3H3,(H,40,41). The molecule has 0 aliphatic carbocycles. The van der Waals surface area contributed by atoms with E-state index >= 15 is 0 Å². The van der Waals surface area contributed by atoms with E-state index in [1.165, 1.54) is 0 Å². The van der Waals surface area contributed by atoms with Crippen molar-refractivity contribution < 1.29 is 38.5 Å². The van der Waals surface area contributed by atoms with Gasteiger partial charge in [0, 0.05) is 12.8 Å². The number of hydrogen-bond acceptors (Lipinski definition) is 7. The lowest BCUT2D eigenvalue weighted by atomic mass is 9.77. The highest BCUT2D eigenvalue weighted by atomic mass is 16.5. The average Bonchev–Trinajstić information content (AvgIpc) is 3.01. The number of carbonyl (C=O) groups excluding carboxylic acids is 3. The number of carboxylic acid groups (broad SMARTS) is 1. The molecule has 0 aromatic carbocycles. The van der Waals surface area contributed by atoms with Crippen LogP contribution in [0.4, 0.5) is 0 Å². The van der Waals surface area contributed by atoms with Gasteiger partial charge in [-0.2, -0.15) is 0 Å². The first-order valence-electron chi connectivity index (χ1n) is 18.6. The molecule has 0 unspecified atom stereocenters. The topological polar surface area (TPSA) is 116 Å². The van der Waals surface area contributed by atoms with Crippen LogP contribution < -0.4 is 0 Å².